The molecule has 0 saturated heterocycles. The van der Waals surface area contributed by atoms with Crippen LogP contribution in [0.15, 0.2) is 48.5 Å². The largest absolute Gasteiger partial charge is 0.497 e. The van der Waals surface area contributed by atoms with Crippen molar-refractivity contribution >= 4 is 11.8 Å². The number of nitrogens with zero attached hydrogens (tertiary/aromatic N) is 3. The van der Waals surface area contributed by atoms with Crippen molar-refractivity contribution in [1.82, 2.24) is 20.5 Å². The van der Waals surface area contributed by atoms with E-state index in [9.17, 15) is 9.59 Å². The summed E-state index contributed by atoms with van der Waals surface area (Å²) in [7, 11) is 4.98. The van der Waals surface area contributed by atoms with Crippen LogP contribution >= 0.6 is 0 Å². The summed E-state index contributed by atoms with van der Waals surface area (Å²) in [5.74, 6) is 0.391. The second kappa shape index (κ2) is 8.39. The lowest BCUT2D eigenvalue weighted by Crippen LogP contribution is -2.51. The summed E-state index contributed by atoms with van der Waals surface area (Å²) < 4.78 is 10.5. The topological polar surface area (TPSA) is 74.4 Å². The number of amides is 2. The van der Waals surface area contributed by atoms with Crippen molar-refractivity contribution in [3.05, 3.63) is 54.1 Å². The van der Waals surface area contributed by atoms with Crippen molar-refractivity contribution in [2.75, 3.05) is 27.8 Å². The van der Waals surface area contributed by atoms with Crippen LogP contribution in [0.25, 0.3) is 0 Å². The molecular formula is C18H24N4O4. The number of rotatable bonds is 7. The zero-order valence-corrected chi connectivity index (χ0v) is 15.5. The van der Waals surface area contributed by atoms with Crippen molar-refractivity contribution < 1.29 is 19.1 Å². The number of carbonyl (C=O) groups is 2. The first-order chi connectivity index (χ1) is 12.4. The molecule has 0 aromatic heterocycles. The number of ether oxygens (including phenoxy) is 2. The lowest BCUT2D eigenvalue weighted by molar-refractivity contribution is -0.142. The summed E-state index contributed by atoms with van der Waals surface area (Å²) in [4.78, 5) is 26.5. The Balaban J connectivity index is 2.23. The number of nitrogens with one attached hydrogen (secondary N) is 1. The van der Waals surface area contributed by atoms with Gasteiger partial charge in [-0.25, -0.2) is 0 Å². The monoisotopic (exact) mass is 360 g/mol. The van der Waals surface area contributed by atoms with Gasteiger partial charge >= 0.3 is 0 Å². The van der Waals surface area contributed by atoms with Gasteiger partial charge in [-0.3, -0.25) is 24.9 Å². The fraction of sp³-hybridized carbons (Fsp3) is 0.333. The molecule has 0 saturated carbocycles. The van der Waals surface area contributed by atoms with Crippen LogP contribution in [0, 0.1) is 0 Å². The van der Waals surface area contributed by atoms with Crippen molar-refractivity contribution in [1.29, 1.82) is 0 Å². The minimum absolute atomic E-state index is 0.0961. The summed E-state index contributed by atoms with van der Waals surface area (Å²) in [6.45, 7) is 5.46. The fourth-order valence-electron chi connectivity index (χ4n) is 2.40. The van der Waals surface area contributed by atoms with E-state index >= 15 is 0 Å². The Bertz CT molecular complexity index is 714. The molecular weight excluding hydrogens is 336 g/mol. The van der Waals surface area contributed by atoms with E-state index in [4.69, 9.17) is 9.47 Å². The van der Waals surface area contributed by atoms with Gasteiger partial charge in [0, 0.05) is 20.3 Å². The number of hydrogen-bond donors (Lipinski definition) is 1. The van der Waals surface area contributed by atoms with Gasteiger partial charge in [-0.15, -0.1) is 5.12 Å². The fourth-order valence-corrected chi connectivity index (χ4v) is 2.40. The molecule has 8 nitrogen and oxygen atoms in total. The molecule has 26 heavy (non-hydrogen) atoms. The first kappa shape index (κ1) is 19.3. The molecule has 1 aromatic rings. The molecule has 1 N–H and O–H groups in total. The molecule has 140 valence electrons. The SMILES string of the molecule is C=CN(C)N(C)NC(=O)C1=C(C)OCC(=O)N1Cc1ccc(OC)cc1. The van der Waals surface area contributed by atoms with Gasteiger partial charge in [-0.2, -0.15) is 0 Å². The molecule has 1 aromatic carbocycles. The third-order valence-electron chi connectivity index (χ3n) is 4.03. The number of allylic oxidation sites excluding steroid dienone is 1. The van der Waals surface area contributed by atoms with Crippen molar-refractivity contribution in [2.24, 2.45) is 0 Å². The molecule has 0 unspecified atom stereocenters. The molecule has 1 heterocycles. The molecule has 8 heteroatoms. The van der Waals surface area contributed by atoms with E-state index in [-0.39, 0.29) is 24.8 Å². The van der Waals surface area contributed by atoms with Gasteiger partial charge in [-0.1, -0.05) is 18.7 Å². The lowest BCUT2D eigenvalue weighted by atomic mass is 10.1. The highest BCUT2D eigenvalue weighted by Crippen LogP contribution is 2.22. The summed E-state index contributed by atoms with van der Waals surface area (Å²) in [5, 5.41) is 3.05. The Morgan fingerprint density at radius 1 is 1.38 bits per heavy atom. The first-order valence-corrected chi connectivity index (χ1v) is 8.04. The molecule has 2 amide bonds. The second-order valence-electron chi connectivity index (χ2n) is 5.74. The maximum Gasteiger partial charge on any atom is 0.287 e. The van der Waals surface area contributed by atoms with Gasteiger partial charge < -0.3 is 9.47 Å². The minimum atomic E-state index is -0.444. The van der Waals surface area contributed by atoms with E-state index in [2.05, 4.69) is 12.0 Å². The van der Waals surface area contributed by atoms with Gasteiger partial charge in [0.1, 0.15) is 17.2 Å². The second-order valence-corrected chi connectivity index (χ2v) is 5.74. The molecule has 0 spiro atoms. The molecule has 0 atom stereocenters. The molecule has 0 radical (unpaired) electrons. The zero-order valence-electron chi connectivity index (χ0n) is 15.5. The van der Waals surface area contributed by atoms with Gasteiger partial charge in [0.05, 0.1) is 13.7 Å². The third kappa shape index (κ3) is 4.34. The van der Waals surface area contributed by atoms with Crippen LogP contribution in [0.3, 0.4) is 0 Å². The van der Waals surface area contributed by atoms with Gasteiger partial charge in [0.15, 0.2) is 6.61 Å². The number of hydrazine groups is 2. The summed E-state index contributed by atoms with van der Waals surface area (Å²) in [6.07, 6.45) is 1.54. The van der Waals surface area contributed by atoms with Crippen molar-refractivity contribution in [3.63, 3.8) is 0 Å². The van der Waals surface area contributed by atoms with Crippen LogP contribution < -0.4 is 10.2 Å². The lowest BCUT2D eigenvalue weighted by Gasteiger charge is -2.33. The Labute approximate surface area is 153 Å². The van der Waals surface area contributed by atoms with E-state index in [1.165, 1.54) is 10.0 Å². The number of hydrogen-bond acceptors (Lipinski definition) is 6. The van der Waals surface area contributed by atoms with Crippen LogP contribution in [0.4, 0.5) is 0 Å². The maximum atomic E-state index is 12.7. The van der Waals surface area contributed by atoms with Gasteiger partial charge in [0.25, 0.3) is 11.8 Å². The average molecular weight is 360 g/mol. The Morgan fingerprint density at radius 3 is 2.62 bits per heavy atom. The Hall–Kier alpha value is -3.00. The minimum Gasteiger partial charge on any atom is -0.497 e. The average Bonchev–Trinajstić information content (AvgIpc) is 2.64. The zero-order chi connectivity index (χ0) is 19.3. The first-order valence-electron chi connectivity index (χ1n) is 8.04. The summed E-state index contributed by atoms with van der Waals surface area (Å²) in [5.41, 5.74) is 3.74. The Kier molecular flexibility index (Phi) is 6.24. The smallest absolute Gasteiger partial charge is 0.287 e. The van der Waals surface area contributed by atoms with Crippen LogP contribution in [0.1, 0.15) is 12.5 Å². The van der Waals surface area contributed by atoms with Crippen molar-refractivity contribution in [3.8, 4) is 5.75 Å². The molecule has 1 aliphatic heterocycles. The van der Waals surface area contributed by atoms with E-state index < -0.39 is 5.91 Å². The quantitative estimate of drug-likeness (QED) is 0.738. The van der Waals surface area contributed by atoms with Crippen LogP contribution in [-0.2, 0) is 20.9 Å². The van der Waals surface area contributed by atoms with E-state index in [1.807, 2.05) is 24.3 Å². The third-order valence-corrected chi connectivity index (χ3v) is 4.03. The van der Waals surface area contributed by atoms with E-state index in [0.717, 1.165) is 11.3 Å². The molecule has 0 aliphatic carbocycles. The van der Waals surface area contributed by atoms with Crippen LogP contribution in [0.5, 0.6) is 5.75 Å². The van der Waals surface area contributed by atoms with Crippen LogP contribution in [0.2, 0.25) is 0 Å². The predicted molar refractivity (Wildman–Crippen MR) is 96.1 cm³/mol. The molecule has 1 aliphatic rings. The van der Waals surface area contributed by atoms with Gasteiger partial charge in [-0.05, 0) is 24.6 Å². The number of methoxy groups -OCH3 is 1. The van der Waals surface area contributed by atoms with E-state index in [1.54, 1.807) is 39.3 Å². The Morgan fingerprint density at radius 2 is 2.04 bits per heavy atom. The van der Waals surface area contributed by atoms with Gasteiger partial charge in [0.2, 0.25) is 0 Å². The number of benzene rings is 1. The standard InChI is InChI=1S/C18H24N4O4/c1-6-20(3)21(4)19-18(24)17-13(2)26-12-16(23)22(17)11-14-7-9-15(25-5)10-8-14/h6-10H,1,11-12H2,2-5H3,(H,19,24). The van der Waals surface area contributed by atoms with Crippen molar-refractivity contribution in [2.45, 2.75) is 13.5 Å². The highest BCUT2D eigenvalue weighted by atomic mass is 16.5. The van der Waals surface area contributed by atoms with Crippen LogP contribution in [-0.4, -0.2) is 54.7 Å². The predicted octanol–water partition coefficient (Wildman–Crippen LogP) is 1.24. The normalized spacial score (nSPS) is 14.2. The maximum absolute atomic E-state index is 12.7. The molecule has 0 fully saturated rings. The molecule has 0 bridgehead atoms. The highest BCUT2D eigenvalue weighted by molar-refractivity contribution is 5.98. The van der Waals surface area contributed by atoms with E-state index in [0.29, 0.717) is 5.76 Å². The summed E-state index contributed by atoms with van der Waals surface area (Å²) in [6, 6.07) is 7.32. The summed E-state index contributed by atoms with van der Waals surface area (Å²) >= 11 is 0. The number of carbonyl (C=O) groups excluding carboxylic acids is 2. The highest BCUT2D eigenvalue weighted by Gasteiger charge is 2.32. The molecule has 2 rings (SSSR count).